The lowest BCUT2D eigenvalue weighted by molar-refractivity contribution is 0.229. The van der Waals surface area contributed by atoms with Crippen molar-refractivity contribution in [3.8, 4) is 0 Å². The van der Waals surface area contributed by atoms with Gasteiger partial charge in [0, 0.05) is 18.7 Å². The van der Waals surface area contributed by atoms with Crippen LogP contribution in [0.5, 0.6) is 0 Å². The van der Waals surface area contributed by atoms with Gasteiger partial charge in [-0.15, -0.1) is 0 Å². The Hall–Kier alpha value is -0.870. The van der Waals surface area contributed by atoms with Gasteiger partial charge in [0.15, 0.2) is 0 Å². The Labute approximate surface area is 107 Å². The van der Waals surface area contributed by atoms with Crippen LogP contribution in [0.2, 0.25) is 5.15 Å². The number of nitrogens with zero attached hydrogens (tertiary/aromatic N) is 2. The van der Waals surface area contributed by atoms with Gasteiger partial charge >= 0.3 is 0 Å². The van der Waals surface area contributed by atoms with E-state index in [1.807, 2.05) is 13.8 Å². The number of aromatic nitrogens is 2. The maximum atomic E-state index is 8.91. The average molecular weight is 258 g/mol. The van der Waals surface area contributed by atoms with E-state index >= 15 is 0 Å². The summed E-state index contributed by atoms with van der Waals surface area (Å²) in [6.07, 6.45) is 4.30. The maximum absolute atomic E-state index is 8.91. The molecule has 1 heterocycles. The summed E-state index contributed by atoms with van der Waals surface area (Å²) in [4.78, 5) is 8.15. The van der Waals surface area contributed by atoms with Crippen LogP contribution < -0.4 is 5.32 Å². The standard InChI is InChI=1S/C12H20ClN3O/c1-3-10-11(13)15-8-16-12(10)14-6-4-5-9(2)7-17/h8-9,17H,3-7H2,1-2H3,(H,14,15,16). The summed E-state index contributed by atoms with van der Waals surface area (Å²) in [5.41, 5.74) is 0.962. The predicted molar refractivity (Wildman–Crippen MR) is 70.4 cm³/mol. The molecule has 0 bridgehead atoms. The van der Waals surface area contributed by atoms with Crippen molar-refractivity contribution in [1.82, 2.24) is 9.97 Å². The molecule has 1 atom stereocenters. The topological polar surface area (TPSA) is 58.0 Å². The Morgan fingerprint density at radius 1 is 1.47 bits per heavy atom. The van der Waals surface area contributed by atoms with Gasteiger partial charge in [-0.3, -0.25) is 0 Å². The van der Waals surface area contributed by atoms with Gasteiger partial charge in [-0.25, -0.2) is 9.97 Å². The lowest BCUT2D eigenvalue weighted by Crippen LogP contribution is -2.09. The van der Waals surface area contributed by atoms with Gasteiger partial charge in [-0.1, -0.05) is 25.4 Å². The zero-order valence-electron chi connectivity index (χ0n) is 10.4. The number of halogens is 1. The maximum Gasteiger partial charge on any atom is 0.137 e. The van der Waals surface area contributed by atoms with Gasteiger partial charge < -0.3 is 10.4 Å². The third-order valence-corrected chi connectivity index (χ3v) is 3.05. The van der Waals surface area contributed by atoms with E-state index in [9.17, 15) is 0 Å². The van der Waals surface area contributed by atoms with E-state index in [1.165, 1.54) is 6.33 Å². The van der Waals surface area contributed by atoms with Crippen LogP contribution in [0.3, 0.4) is 0 Å². The molecule has 0 aliphatic carbocycles. The van der Waals surface area contributed by atoms with Crippen LogP contribution in [0.4, 0.5) is 5.82 Å². The molecule has 1 aromatic rings. The van der Waals surface area contributed by atoms with Crippen molar-refractivity contribution in [3.05, 3.63) is 17.0 Å². The van der Waals surface area contributed by atoms with Crippen molar-refractivity contribution in [1.29, 1.82) is 0 Å². The molecule has 4 nitrogen and oxygen atoms in total. The molecule has 0 saturated carbocycles. The number of aliphatic hydroxyl groups is 1. The van der Waals surface area contributed by atoms with Crippen LogP contribution in [0.1, 0.15) is 32.3 Å². The predicted octanol–water partition coefficient (Wildman–Crippen LogP) is 2.51. The zero-order valence-corrected chi connectivity index (χ0v) is 11.2. The molecule has 0 aliphatic rings. The molecule has 0 fully saturated rings. The molecule has 0 aliphatic heterocycles. The monoisotopic (exact) mass is 257 g/mol. The third-order valence-electron chi connectivity index (χ3n) is 2.72. The number of aliphatic hydroxyl groups excluding tert-OH is 1. The smallest absolute Gasteiger partial charge is 0.137 e. The highest BCUT2D eigenvalue weighted by atomic mass is 35.5. The van der Waals surface area contributed by atoms with E-state index in [0.717, 1.165) is 37.2 Å². The zero-order chi connectivity index (χ0) is 12.7. The first kappa shape index (κ1) is 14.2. The van der Waals surface area contributed by atoms with E-state index in [2.05, 4.69) is 15.3 Å². The molecule has 5 heteroatoms. The summed E-state index contributed by atoms with van der Waals surface area (Å²) in [7, 11) is 0. The number of anilines is 1. The lowest BCUT2D eigenvalue weighted by atomic mass is 10.1. The van der Waals surface area contributed by atoms with E-state index in [1.54, 1.807) is 0 Å². The van der Waals surface area contributed by atoms with Gasteiger partial charge in [0.05, 0.1) is 0 Å². The van der Waals surface area contributed by atoms with E-state index in [4.69, 9.17) is 16.7 Å². The van der Waals surface area contributed by atoms with E-state index in [-0.39, 0.29) is 6.61 Å². The van der Waals surface area contributed by atoms with Crippen molar-refractivity contribution >= 4 is 17.4 Å². The van der Waals surface area contributed by atoms with E-state index < -0.39 is 0 Å². The molecule has 1 unspecified atom stereocenters. The fourth-order valence-electron chi connectivity index (χ4n) is 1.61. The molecule has 17 heavy (non-hydrogen) atoms. The van der Waals surface area contributed by atoms with Crippen LogP contribution in [0.25, 0.3) is 0 Å². The lowest BCUT2D eigenvalue weighted by Gasteiger charge is -2.11. The van der Waals surface area contributed by atoms with Gasteiger partial charge in [0.25, 0.3) is 0 Å². The van der Waals surface area contributed by atoms with Crippen LogP contribution >= 0.6 is 11.6 Å². The summed E-state index contributed by atoms with van der Waals surface area (Å²) in [6.45, 7) is 5.16. The number of hydrogen-bond acceptors (Lipinski definition) is 4. The molecule has 1 rings (SSSR count). The summed E-state index contributed by atoms with van der Waals surface area (Å²) in [5, 5.41) is 12.7. The summed E-state index contributed by atoms with van der Waals surface area (Å²) >= 11 is 5.99. The molecule has 0 saturated heterocycles. The third kappa shape index (κ3) is 4.48. The highest BCUT2D eigenvalue weighted by Crippen LogP contribution is 2.20. The minimum atomic E-state index is 0.250. The highest BCUT2D eigenvalue weighted by molar-refractivity contribution is 6.30. The molecule has 0 amide bonds. The van der Waals surface area contributed by atoms with Crippen molar-refractivity contribution in [2.45, 2.75) is 33.1 Å². The largest absolute Gasteiger partial charge is 0.396 e. The van der Waals surface area contributed by atoms with Crippen LogP contribution in [-0.2, 0) is 6.42 Å². The summed E-state index contributed by atoms with van der Waals surface area (Å²) in [6, 6.07) is 0. The molecular weight excluding hydrogens is 238 g/mol. The Morgan fingerprint density at radius 3 is 2.88 bits per heavy atom. The minimum Gasteiger partial charge on any atom is -0.396 e. The fraction of sp³-hybridized carbons (Fsp3) is 0.667. The van der Waals surface area contributed by atoms with Crippen molar-refractivity contribution in [2.75, 3.05) is 18.5 Å². The first-order valence-electron chi connectivity index (χ1n) is 6.03. The normalized spacial score (nSPS) is 12.5. The second kappa shape index (κ2) is 7.45. The Kier molecular flexibility index (Phi) is 6.22. The molecule has 2 N–H and O–H groups in total. The second-order valence-electron chi connectivity index (χ2n) is 4.20. The Balaban J connectivity index is 2.44. The molecule has 0 spiro atoms. The van der Waals surface area contributed by atoms with Crippen LogP contribution in [0.15, 0.2) is 6.33 Å². The van der Waals surface area contributed by atoms with Crippen molar-refractivity contribution in [2.24, 2.45) is 5.92 Å². The Morgan fingerprint density at radius 2 is 2.24 bits per heavy atom. The van der Waals surface area contributed by atoms with Crippen LogP contribution in [0, 0.1) is 5.92 Å². The van der Waals surface area contributed by atoms with Gasteiger partial charge in [0.2, 0.25) is 0 Å². The summed E-state index contributed by atoms with van der Waals surface area (Å²) < 4.78 is 0. The fourth-order valence-corrected chi connectivity index (χ4v) is 1.87. The number of rotatable bonds is 7. The van der Waals surface area contributed by atoms with Crippen molar-refractivity contribution < 1.29 is 5.11 Å². The molecule has 1 aromatic heterocycles. The summed E-state index contributed by atoms with van der Waals surface area (Å²) in [5.74, 6) is 1.18. The quantitative estimate of drug-likeness (QED) is 0.582. The molecule has 0 aromatic carbocycles. The average Bonchev–Trinajstić information content (AvgIpc) is 2.34. The Bertz CT molecular complexity index is 347. The van der Waals surface area contributed by atoms with Gasteiger partial charge in [0.1, 0.15) is 17.3 Å². The van der Waals surface area contributed by atoms with Gasteiger partial charge in [-0.2, -0.15) is 0 Å². The van der Waals surface area contributed by atoms with Crippen LogP contribution in [-0.4, -0.2) is 28.2 Å². The minimum absolute atomic E-state index is 0.250. The molecule has 96 valence electrons. The second-order valence-corrected chi connectivity index (χ2v) is 4.56. The van der Waals surface area contributed by atoms with Gasteiger partial charge in [-0.05, 0) is 25.2 Å². The SMILES string of the molecule is CCc1c(Cl)ncnc1NCCCC(C)CO. The molecule has 0 radical (unpaired) electrons. The van der Waals surface area contributed by atoms with E-state index in [0.29, 0.717) is 11.1 Å². The number of hydrogen-bond donors (Lipinski definition) is 2. The number of nitrogens with one attached hydrogen (secondary N) is 1. The highest BCUT2D eigenvalue weighted by Gasteiger charge is 2.07. The van der Waals surface area contributed by atoms with Crippen molar-refractivity contribution in [3.63, 3.8) is 0 Å². The molecular formula is C12H20ClN3O. The first-order chi connectivity index (χ1) is 8.19. The first-order valence-corrected chi connectivity index (χ1v) is 6.40.